The Kier molecular flexibility index (Phi) is 2.94. The summed E-state index contributed by atoms with van der Waals surface area (Å²) in [5.74, 6) is 0.462. The first kappa shape index (κ1) is 12.4. The SMILES string of the molecule is CC(C)(C)c1cccc(CCC2(N)CC2)c1O. The normalized spacial score (nSPS) is 18.1. The predicted molar refractivity (Wildman–Crippen MR) is 71.3 cm³/mol. The zero-order valence-electron chi connectivity index (χ0n) is 11.1. The lowest BCUT2D eigenvalue weighted by Gasteiger charge is -2.22. The van der Waals surface area contributed by atoms with Crippen LogP contribution in [0.2, 0.25) is 0 Å². The average Bonchev–Trinajstić information content (AvgIpc) is 2.94. The third-order valence-corrected chi connectivity index (χ3v) is 3.71. The summed E-state index contributed by atoms with van der Waals surface area (Å²) < 4.78 is 0. The molecule has 94 valence electrons. The quantitative estimate of drug-likeness (QED) is 0.842. The van der Waals surface area contributed by atoms with E-state index in [1.54, 1.807) is 0 Å². The van der Waals surface area contributed by atoms with Gasteiger partial charge in [0.05, 0.1) is 0 Å². The Morgan fingerprint density at radius 1 is 1.29 bits per heavy atom. The van der Waals surface area contributed by atoms with Crippen molar-refractivity contribution >= 4 is 0 Å². The van der Waals surface area contributed by atoms with E-state index in [1.165, 1.54) is 0 Å². The lowest BCUT2D eigenvalue weighted by molar-refractivity contribution is 0.437. The van der Waals surface area contributed by atoms with Crippen LogP contribution in [0.5, 0.6) is 5.75 Å². The van der Waals surface area contributed by atoms with Crippen molar-refractivity contribution in [2.75, 3.05) is 0 Å². The minimum Gasteiger partial charge on any atom is -0.507 e. The molecule has 2 rings (SSSR count). The van der Waals surface area contributed by atoms with Crippen LogP contribution >= 0.6 is 0 Å². The molecule has 1 aliphatic rings. The summed E-state index contributed by atoms with van der Waals surface area (Å²) in [5.41, 5.74) is 8.19. The second kappa shape index (κ2) is 4.02. The average molecular weight is 233 g/mol. The molecule has 17 heavy (non-hydrogen) atoms. The topological polar surface area (TPSA) is 46.2 Å². The summed E-state index contributed by atoms with van der Waals surface area (Å²) >= 11 is 0. The van der Waals surface area contributed by atoms with Crippen LogP contribution in [0.4, 0.5) is 0 Å². The molecule has 1 aliphatic carbocycles. The van der Waals surface area contributed by atoms with Crippen molar-refractivity contribution in [3.05, 3.63) is 29.3 Å². The van der Waals surface area contributed by atoms with Crippen molar-refractivity contribution < 1.29 is 5.11 Å². The number of aryl methyl sites for hydroxylation is 1. The summed E-state index contributed by atoms with van der Waals surface area (Å²) in [6, 6.07) is 6.05. The highest BCUT2D eigenvalue weighted by Gasteiger charge is 2.37. The molecule has 0 spiro atoms. The molecule has 0 saturated heterocycles. The molecule has 0 atom stereocenters. The molecular formula is C15H23NO. The Morgan fingerprint density at radius 2 is 1.94 bits per heavy atom. The number of hydrogen-bond donors (Lipinski definition) is 2. The highest BCUT2D eigenvalue weighted by atomic mass is 16.3. The molecule has 0 aromatic heterocycles. The smallest absolute Gasteiger partial charge is 0.122 e. The van der Waals surface area contributed by atoms with Crippen molar-refractivity contribution in [1.82, 2.24) is 0 Å². The Bertz CT molecular complexity index is 413. The molecule has 0 amide bonds. The molecule has 1 fully saturated rings. The molecule has 0 aliphatic heterocycles. The maximum absolute atomic E-state index is 10.3. The van der Waals surface area contributed by atoms with Crippen molar-refractivity contribution in [2.24, 2.45) is 5.73 Å². The van der Waals surface area contributed by atoms with Crippen LogP contribution in [0.15, 0.2) is 18.2 Å². The van der Waals surface area contributed by atoms with Crippen molar-refractivity contribution in [2.45, 2.75) is 57.4 Å². The first-order valence-electron chi connectivity index (χ1n) is 6.42. The minimum atomic E-state index is -0.0138. The van der Waals surface area contributed by atoms with Crippen LogP contribution in [-0.4, -0.2) is 10.6 Å². The maximum Gasteiger partial charge on any atom is 0.122 e. The number of aromatic hydroxyl groups is 1. The van der Waals surface area contributed by atoms with E-state index in [1.807, 2.05) is 18.2 Å². The van der Waals surface area contributed by atoms with E-state index in [0.29, 0.717) is 5.75 Å². The number of rotatable bonds is 3. The molecule has 2 heteroatoms. The Balaban J connectivity index is 2.17. The largest absolute Gasteiger partial charge is 0.507 e. The van der Waals surface area contributed by atoms with E-state index < -0.39 is 0 Å². The van der Waals surface area contributed by atoms with Gasteiger partial charge in [0.1, 0.15) is 5.75 Å². The van der Waals surface area contributed by atoms with E-state index in [-0.39, 0.29) is 11.0 Å². The van der Waals surface area contributed by atoms with Gasteiger partial charge < -0.3 is 10.8 Å². The monoisotopic (exact) mass is 233 g/mol. The highest BCUT2D eigenvalue weighted by Crippen LogP contribution is 2.39. The van der Waals surface area contributed by atoms with E-state index in [2.05, 4.69) is 20.8 Å². The Morgan fingerprint density at radius 3 is 2.47 bits per heavy atom. The number of phenolic OH excluding ortho intramolecular Hbond substituents is 1. The van der Waals surface area contributed by atoms with Gasteiger partial charge in [-0.3, -0.25) is 0 Å². The number of nitrogens with two attached hydrogens (primary N) is 1. The van der Waals surface area contributed by atoms with Crippen LogP contribution in [-0.2, 0) is 11.8 Å². The molecule has 3 N–H and O–H groups in total. The van der Waals surface area contributed by atoms with Crippen LogP contribution in [0.1, 0.15) is 51.2 Å². The molecule has 0 bridgehead atoms. The van der Waals surface area contributed by atoms with Crippen LogP contribution in [0, 0.1) is 0 Å². The Hall–Kier alpha value is -1.02. The van der Waals surface area contributed by atoms with Crippen molar-refractivity contribution in [3.8, 4) is 5.75 Å². The lowest BCUT2D eigenvalue weighted by atomic mass is 9.84. The minimum absolute atomic E-state index is 0.0138. The molecule has 0 heterocycles. The van der Waals surface area contributed by atoms with E-state index >= 15 is 0 Å². The fraction of sp³-hybridized carbons (Fsp3) is 0.600. The van der Waals surface area contributed by atoms with Gasteiger partial charge in [0.2, 0.25) is 0 Å². The fourth-order valence-corrected chi connectivity index (χ4v) is 2.19. The second-order valence-electron chi connectivity index (χ2n) is 6.43. The van der Waals surface area contributed by atoms with Gasteiger partial charge in [-0.05, 0) is 42.2 Å². The first-order chi connectivity index (χ1) is 7.82. The molecule has 1 aromatic rings. The number of phenols is 1. The van der Waals surface area contributed by atoms with Gasteiger partial charge in [-0.1, -0.05) is 39.0 Å². The van der Waals surface area contributed by atoms with E-state index in [0.717, 1.165) is 36.8 Å². The number of hydrogen-bond acceptors (Lipinski definition) is 2. The zero-order valence-corrected chi connectivity index (χ0v) is 11.1. The van der Waals surface area contributed by atoms with E-state index in [4.69, 9.17) is 5.73 Å². The molecule has 2 nitrogen and oxygen atoms in total. The summed E-state index contributed by atoms with van der Waals surface area (Å²) in [7, 11) is 0. The maximum atomic E-state index is 10.3. The third-order valence-electron chi connectivity index (χ3n) is 3.71. The fourth-order valence-electron chi connectivity index (χ4n) is 2.19. The Labute approximate surface area is 104 Å². The molecule has 1 saturated carbocycles. The lowest BCUT2D eigenvalue weighted by Crippen LogP contribution is -2.22. The van der Waals surface area contributed by atoms with Gasteiger partial charge >= 0.3 is 0 Å². The molecule has 1 aromatic carbocycles. The third kappa shape index (κ3) is 2.81. The van der Waals surface area contributed by atoms with Crippen LogP contribution < -0.4 is 5.73 Å². The molecular weight excluding hydrogens is 210 g/mol. The standard InChI is InChI=1S/C15H23NO/c1-14(2,3)12-6-4-5-11(13(12)17)7-8-15(16)9-10-15/h4-6,17H,7-10,16H2,1-3H3. The molecule has 0 unspecified atom stereocenters. The van der Waals surface area contributed by atoms with Gasteiger partial charge in [0, 0.05) is 5.54 Å². The summed E-state index contributed by atoms with van der Waals surface area (Å²) in [6.07, 6.45) is 4.12. The van der Waals surface area contributed by atoms with Crippen molar-refractivity contribution in [1.29, 1.82) is 0 Å². The highest BCUT2D eigenvalue weighted by molar-refractivity contribution is 5.44. The zero-order chi connectivity index (χ0) is 12.7. The van der Waals surface area contributed by atoms with Crippen LogP contribution in [0.3, 0.4) is 0 Å². The summed E-state index contributed by atoms with van der Waals surface area (Å²) in [5, 5.41) is 10.3. The first-order valence-corrected chi connectivity index (χ1v) is 6.42. The van der Waals surface area contributed by atoms with Crippen LogP contribution in [0.25, 0.3) is 0 Å². The number of benzene rings is 1. The second-order valence-corrected chi connectivity index (χ2v) is 6.43. The summed E-state index contributed by atoms with van der Waals surface area (Å²) in [6.45, 7) is 6.37. The van der Waals surface area contributed by atoms with Gasteiger partial charge in [0.25, 0.3) is 0 Å². The van der Waals surface area contributed by atoms with Crippen molar-refractivity contribution in [3.63, 3.8) is 0 Å². The van der Waals surface area contributed by atoms with Gasteiger partial charge in [-0.25, -0.2) is 0 Å². The summed E-state index contributed by atoms with van der Waals surface area (Å²) in [4.78, 5) is 0. The predicted octanol–water partition coefficient (Wildman–Crippen LogP) is 3.11. The van der Waals surface area contributed by atoms with Gasteiger partial charge in [-0.15, -0.1) is 0 Å². The number of para-hydroxylation sites is 1. The van der Waals surface area contributed by atoms with E-state index in [9.17, 15) is 5.11 Å². The van der Waals surface area contributed by atoms with Gasteiger partial charge in [0.15, 0.2) is 0 Å². The van der Waals surface area contributed by atoms with Gasteiger partial charge in [-0.2, -0.15) is 0 Å². The molecule has 0 radical (unpaired) electrons.